The summed E-state index contributed by atoms with van der Waals surface area (Å²) in [4.78, 5) is 19.9. The highest BCUT2D eigenvalue weighted by Gasteiger charge is 2.20. The third-order valence-electron chi connectivity index (χ3n) is 4.11. The number of halogens is 1. The van der Waals surface area contributed by atoms with Gasteiger partial charge in [0.25, 0.3) is 5.91 Å². The Morgan fingerprint density at radius 3 is 2.72 bits per heavy atom. The topological polar surface area (TPSA) is 54.5 Å². The molecule has 1 fully saturated rings. The van der Waals surface area contributed by atoms with E-state index in [4.69, 9.17) is 4.74 Å². The molecule has 2 aromatic rings. The van der Waals surface area contributed by atoms with Gasteiger partial charge in [-0.15, -0.1) is 11.3 Å². The van der Waals surface area contributed by atoms with Crippen molar-refractivity contribution in [2.75, 3.05) is 32.8 Å². The van der Waals surface area contributed by atoms with Gasteiger partial charge in [0.2, 0.25) is 0 Å². The summed E-state index contributed by atoms with van der Waals surface area (Å²) in [7, 11) is 0. The molecule has 0 spiro atoms. The number of carbonyl (C=O) groups excluding carboxylic acids is 1. The van der Waals surface area contributed by atoms with Crippen LogP contribution in [-0.4, -0.2) is 54.7 Å². The van der Waals surface area contributed by atoms with Gasteiger partial charge < -0.3 is 10.1 Å². The molecule has 0 unspecified atom stereocenters. The Morgan fingerprint density at radius 1 is 1.36 bits per heavy atom. The minimum atomic E-state index is -0.285. The Balaban J connectivity index is 1.64. The first-order valence-corrected chi connectivity index (χ1v) is 9.19. The van der Waals surface area contributed by atoms with E-state index < -0.39 is 0 Å². The molecule has 1 aromatic carbocycles. The van der Waals surface area contributed by atoms with Gasteiger partial charge in [0.05, 0.1) is 18.9 Å². The van der Waals surface area contributed by atoms with Crippen molar-refractivity contribution < 1.29 is 13.9 Å². The fourth-order valence-electron chi connectivity index (χ4n) is 2.83. The van der Waals surface area contributed by atoms with Gasteiger partial charge in [0.15, 0.2) is 0 Å². The van der Waals surface area contributed by atoms with Crippen LogP contribution in [0.5, 0.6) is 0 Å². The summed E-state index contributed by atoms with van der Waals surface area (Å²) in [6, 6.07) is 6.19. The first kappa shape index (κ1) is 18.0. The summed E-state index contributed by atoms with van der Waals surface area (Å²) in [5.74, 6) is -0.393. The standard InChI is InChI=1S/C18H22FN3O2S/c1-12(11-22-7-9-24-10-8-22)20-17(23)16-13(2)21-18(25-16)14-3-5-15(19)6-4-14/h3-6,12H,7-11H2,1-2H3,(H,20,23)/t12-/m1/s1. The lowest BCUT2D eigenvalue weighted by Crippen LogP contribution is -2.46. The lowest BCUT2D eigenvalue weighted by atomic mass is 10.2. The summed E-state index contributed by atoms with van der Waals surface area (Å²) >= 11 is 1.34. The van der Waals surface area contributed by atoms with Crippen LogP contribution < -0.4 is 5.32 Å². The van der Waals surface area contributed by atoms with Crippen molar-refractivity contribution in [1.82, 2.24) is 15.2 Å². The van der Waals surface area contributed by atoms with E-state index in [9.17, 15) is 9.18 Å². The van der Waals surface area contributed by atoms with Gasteiger partial charge in [-0.2, -0.15) is 0 Å². The Kier molecular flexibility index (Phi) is 5.78. The number of nitrogens with one attached hydrogen (secondary N) is 1. The average Bonchev–Trinajstić information content (AvgIpc) is 2.98. The van der Waals surface area contributed by atoms with Crippen molar-refractivity contribution in [1.29, 1.82) is 0 Å². The zero-order valence-corrected chi connectivity index (χ0v) is 15.2. The third kappa shape index (κ3) is 4.62. The normalized spacial score (nSPS) is 16.6. The lowest BCUT2D eigenvalue weighted by Gasteiger charge is -2.29. The summed E-state index contributed by atoms with van der Waals surface area (Å²) in [5.41, 5.74) is 1.51. The number of thiazole rings is 1. The minimum Gasteiger partial charge on any atom is -0.379 e. The van der Waals surface area contributed by atoms with E-state index in [1.54, 1.807) is 12.1 Å². The number of carbonyl (C=O) groups is 1. The Labute approximate surface area is 150 Å². The van der Waals surface area contributed by atoms with Crippen molar-refractivity contribution in [2.45, 2.75) is 19.9 Å². The molecular weight excluding hydrogens is 341 g/mol. The highest BCUT2D eigenvalue weighted by atomic mass is 32.1. The predicted molar refractivity (Wildman–Crippen MR) is 96.4 cm³/mol. The zero-order valence-electron chi connectivity index (χ0n) is 14.4. The van der Waals surface area contributed by atoms with Crippen LogP contribution in [-0.2, 0) is 4.74 Å². The number of benzene rings is 1. The van der Waals surface area contributed by atoms with E-state index in [2.05, 4.69) is 15.2 Å². The van der Waals surface area contributed by atoms with E-state index in [1.807, 2.05) is 13.8 Å². The number of hydrogen-bond donors (Lipinski definition) is 1. The Hall–Kier alpha value is -1.83. The molecule has 1 aliphatic heterocycles. The molecule has 0 bridgehead atoms. The van der Waals surface area contributed by atoms with Gasteiger partial charge in [0, 0.05) is 31.2 Å². The molecule has 1 amide bonds. The third-order valence-corrected chi connectivity index (χ3v) is 5.31. The quantitative estimate of drug-likeness (QED) is 0.887. The van der Waals surface area contributed by atoms with Gasteiger partial charge in [0.1, 0.15) is 15.7 Å². The average molecular weight is 363 g/mol. The molecule has 134 valence electrons. The van der Waals surface area contributed by atoms with Crippen molar-refractivity contribution >= 4 is 17.2 Å². The molecule has 7 heteroatoms. The Bertz CT molecular complexity index is 726. The number of ether oxygens (including phenoxy) is 1. The van der Waals surface area contributed by atoms with Crippen molar-refractivity contribution in [2.24, 2.45) is 0 Å². The highest BCUT2D eigenvalue weighted by molar-refractivity contribution is 7.17. The number of morpholine rings is 1. The summed E-state index contributed by atoms with van der Waals surface area (Å²) < 4.78 is 18.4. The molecule has 0 aliphatic carbocycles. The number of rotatable bonds is 5. The SMILES string of the molecule is Cc1nc(-c2ccc(F)cc2)sc1C(=O)N[C@H](C)CN1CCOCC1. The minimum absolute atomic E-state index is 0.0429. The summed E-state index contributed by atoms with van der Waals surface area (Å²) in [6.45, 7) is 7.92. The van der Waals surface area contributed by atoms with Crippen molar-refractivity contribution in [3.63, 3.8) is 0 Å². The van der Waals surface area contributed by atoms with Crippen LogP contribution in [0, 0.1) is 12.7 Å². The molecule has 1 saturated heterocycles. The molecule has 0 radical (unpaired) electrons. The zero-order chi connectivity index (χ0) is 17.8. The lowest BCUT2D eigenvalue weighted by molar-refractivity contribution is 0.0342. The maximum absolute atomic E-state index is 13.1. The van der Waals surface area contributed by atoms with Crippen LogP contribution in [0.3, 0.4) is 0 Å². The molecule has 1 atom stereocenters. The summed E-state index contributed by atoms with van der Waals surface area (Å²) in [5, 5.41) is 3.77. The molecule has 2 heterocycles. The maximum atomic E-state index is 13.1. The first-order valence-electron chi connectivity index (χ1n) is 8.37. The number of amides is 1. The summed E-state index contributed by atoms with van der Waals surface area (Å²) in [6.07, 6.45) is 0. The molecule has 1 N–H and O–H groups in total. The van der Waals surface area contributed by atoms with Crippen LogP contribution in [0.25, 0.3) is 10.6 Å². The monoisotopic (exact) mass is 363 g/mol. The fourth-order valence-corrected chi connectivity index (χ4v) is 3.80. The molecule has 1 aliphatic rings. The van der Waals surface area contributed by atoms with E-state index in [0.717, 1.165) is 43.4 Å². The molecule has 25 heavy (non-hydrogen) atoms. The maximum Gasteiger partial charge on any atom is 0.263 e. The fraction of sp³-hybridized carbons (Fsp3) is 0.444. The van der Waals surface area contributed by atoms with Gasteiger partial charge >= 0.3 is 0 Å². The first-order chi connectivity index (χ1) is 12.0. The van der Waals surface area contributed by atoms with Gasteiger partial charge in [-0.05, 0) is 38.1 Å². The number of nitrogens with zero attached hydrogens (tertiary/aromatic N) is 2. The molecular formula is C18H22FN3O2S. The second-order valence-corrected chi connectivity index (χ2v) is 7.23. The van der Waals surface area contributed by atoms with Crippen LogP contribution in [0.1, 0.15) is 22.3 Å². The molecule has 0 saturated carbocycles. The van der Waals surface area contributed by atoms with Gasteiger partial charge in [-0.25, -0.2) is 9.37 Å². The van der Waals surface area contributed by atoms with Crippen LogP contribution in [0.2, 0.25) is 0 Å². The highest BCUT2D eigenvalue weighted by Crippen LogP contribution is 2.28. The van der Waals surface area contributed by atoms with Crippen LogP contribution >= 0.6 is 11.3 Å². The molecule has 1 aromatic heterocycles. The number of aromatic nitrogens is 1. The van der Waals surface area contributed by atoms with E-state index >= 15 is 0 Å². The molecule has 5 nitrogen and oxygen atoms in total. The van der Waals surface area contributed by atoms with Gasteiger partial charge in [-0.1, -0.05) is 0 Å². The predicted octanol–water partition coefficient (Wildman–Crippen LogP) is 2.71. The smallest absolute Gasteiger partial charge is 0.263 e. The second-order valence-electron chi connectivity index (χ2n) is 6.23. The van der Waals surface area contributed by atoms with Crippen molar-refractivity contribution in [3.8, 4) is 10.6 Å². The number of aryl methyl sites for hydroxylation is 1. The van der Waals surface area contributed by atoms with E-state index in [0.29, 0.717) is 10.6 Å². The largest absolute Gasteiger partial charge is 0.379 e. The van der Waals surface area contributed by atoms with E-state index in [-0.39, 0.29) is 17.8 Å². The van der Waals surface area contributed by atoms with Gasteiger partial charge in [-0.3, -0.25) is 9.69 Å². The van der Waals surface area contributed by atoms with E-state index in [1.165, 1.54) is 23.5 Å². The van der Waals surface area contributed by atoms with Crippen molar-refractivity contribution in [3.05, 3.63) is 40.7 Å². The second kappa shape index (κ2) is 8.03. The number of hydrogen-bond acceptors (Lipinski definition) is 5. The van der Waals surface area contributed by atoms with Crippen LogP contribution in [0.15, 0.2) is 24.3 Å². The molecule has 3 rings (SSSR count). The Morgan fingerprint density at radius 2 is 2.04 bits per heavy atom. The van der Waals surface area contributed by atoms with Crippen LogP contribution in [0.4, 0.5) is 4.39 Å².